The number of thiophene rings is 1. The van der Waals surface area contributed by atoms with Crippen molar-refractivity contribution in [2.45, 2.75) is 56.4 Å². The Bertz CT molecular complexity index is 589. The molecule has 4 nitrogen and oxygen atoms in total. The first-order valence-electron chi connectivity index (χ1n) is 7.24. The van der Waals surface area contributed by atoms with Gasteiger partial charge in [0.2, 0.25) is 10.0 Å². The van der Waals surface area contributed by atoms with Gasteiger partial charge in [-0.05, 0) is 60.5 Å². The molecule has 1 aromatic rings. The van der Waals surface area contributed by atoms with Crippen LogP contribution in [0.15, 0.2) is 14.7 Å². The van der Waals surface area contributed by atoms with E-state index in [1.54, 1.807) is 13.0 Å². The normalized spacial score (nSPS) is 27.0. The number of hydrogen-bond donors (Lipinski definition) is 2. The first-order chi connectivity index (χ1) is 9.76. The van der Waals surface area contributed by atoms with Gasteiger partial charge in [0.15, 0.2) is 0 Å². The molecule has 1 heterocycles. The van der Waals surface area contributed by atoms with E-state index < -0.39 is 15.6 Å². The van der Waals surface area contributed by atoms with E-state index in [9.17, 15) is 13.5 Å². The number of halogens is 1. The molecular weight excluding hydrogens is 374 g/mol. The largest absolute Gasteiger partial charge is 0.389 e. The van der Waals surface area contributed by atoms with Gasteiger partial charge in [0, 0.05) is 11.4 Å². The lowest BCUT2D eigenvalue weighted by atomic mass is 9.78. The van der Waals surface area contributed by atoms with Crippen LogP contribution in [0.4, 0.5) is 0 Å². The second-order valence-electron chi connectivity index (χ2n) is 5.87. The van der Waals surface area contributed by atoms with Crippen LogP contribution in [0.25, 0.3) is 0 Å². The molecule has 2 rings (SSSR count). The average molecular weight is 396 g/mol. The molecule has 0 spiro atoms. The third-order valence-electron chi connectivity index (χ3n) is 4.34. The summed E-state index contributed by atoms with van der Waals surface area (Å²) in [6, 6.07) is 1.61. The molecule has 21 heavy (non-hydrogen) atoms. The fourth-order valence-corrected chi connectivity index (χ4v) is 6.34. The summed E-state index contributed by atoms with van der Waals surface area (Å²) in [5.74, 6) is 0.664. The second kappa shape index (κ2) is 6.66. The van der Waals surface area contributed by atoms with E-state index in [4.69, 9.17) is 0 Å². The molecule has 1 aromatic heterocycles. The van der Waals surface area contributed by atoms with Crippen molar-refractivity contribution in [3.8, 4) is 0 Å². The highest BCUT2D eigenvalue weighted by atomic mass is 79.9. The van der Waals surface area contributed by atoms with Crippen molar-refractivity contribution < 1.29 is 13.5 Å². The maximum Gasteiger partial charge on any atom is 0.241 e. The molecule has 1 fully saturated rings. The van der Waals surface area contributed by atoms with Gasteiger partial charge in [-0.1, -0.05) is 13.3 Å². The molecule has 0 bridgehead atoms. The Morgan fingerprint density at radius 2 is 2.10 bits per heavy atom. The number of aryl methyl sites for hydroxylation is 1. The summed E-state index contributed by atoms with van der Waals surface area (Å²) in [4.78, 5) is 1.04. The molecule has 0 unspecified atom stereocenters. The SMILES string of the molecule is CCC1CCC(O)(CNS(=O)(=O)c2cc(Br)sc2C)CC1. The highest BCUT2D eigenvalue weighted by Gasteiger charge is 2.34. The highest BCUT2D eigenvalue weighted by molar-refractivity contribution is 9.11. The molecule has 2 N–H and O–H groups in total. The van der Waals surface area contributed by atoms with Crippen molar-refractivity contribution in [1.82, 2.24) is 4.72 Å². The molecule has 0 radical (unpaired) electrons. The van der Waals surface area contributed by atoms with E-state index in [1.807, 2.05) is 0 Å². The number of hydrogen-bond acceptors (Lipinski definition) is 4. The summed E-state index contributed by atoms with van der Waals surface area (Å²) in [7, 11) is -3.56. The monoisotopic (exact) mass is 395 g/mol. The minimum atomic E-state index is -3.56. The molecule has 1 aliphatic rings. The van der Waals surface area contributed by atoms with E-state index in [2.05, 4.69) is 27.6 Å². The maximum atomic E-state index is 12.3. The highest BCUT2D eigenvalue weighted by Crippen LogP contribution is 2.34. The number of aliphatic hydroxyl groups is 1. The summed E-state index contributed by atoms with van der Waals surface area (Å²) < 4.78 is 28.0. The molecule has 1 saturated carbocycles. The van der Waals surface area contributed by atoms with Gasteiger partial charge in [-0.15, -0.1) is 11.3 Å². The number of nitrogens with one attached hydrogen (secondary N) is 1. The Labute approximate surface area is 139 Å². The number of rotatable bonds is 5. The van der Waals surface area contributed by atoms with Crippen molar-refractivity contribution in [1.29, 1.82) is 0 Å². The molecule has 0 atom stereocenters. The van der Waals surface area contributed by atoms with Crippen molar-refractivity contribution in [2.75, 3.05) is 6.54 Å². The Kier molecular flexibility index (Phi) is 5.52. The van der Waals surface area contributed by atoms with Crippen LogP contribution in [0.2, 0.25) is 0 Å². The van der Waals surface area contributed by atoms with E-state index in [-0.39, 0.29) is 6.54 Å². The van der Waals surface area contributed by atoms with Crippen LogP contribution in [0.3, 0.4) is 0 Å². The van der Waals surface area contributed by atoms with Gasteiger partial charge in [-0.3, -0.25) is 0 Å². The second-order valence-corrected chi connectivity index (χ2v) is 10.2. The first-order valence-corrected chi connectivity index (χ1v) is 10.3. The van der Waals surface area contributed by atoms with Crippen LogP contribution in [0, 0.1) is 12.8 Å². The van der Waals surface area contributed by atoms with Crippen LogP contribution in [-0.2, 0) is 10.0 Å². The summed E-state index contributed by atoms with van der Waals surface area (Å²) in [6.45, 7) is 4.04. The first kappa shape index (κ1) is 17.4. The Balaban J connectivity index is 2.00. The van der Waals surface area contributed by atoms with Crippen LogP contribution in [0.1, 0.15) is 43.9 Å². The molecule has 0 aromatic carbocycles. The van der Waals surface area contributed by atoms with Gasteiger partial charge in [0.1, 0.15) is 0 Å². The summed E-state index contributed by atoms with van der Waals surface area (Å²) in [6.07, 6.45) is 4.40. The van der Waals surface area contributed by atoms with Gasteiger partial charge in [0.25, 0.3) is 0 Å². The Morgan fingerprint density at radius 1 is 1.48 bits per heavy atom. The zero-order valence-electron chi connectivity index (χ0n) is 12.4. The molecule has 0 aliphatic heterocycles. The zero-order chi connectivity index (χ0) is 15.7. The van der Waals surface area contributed by atoms with Crippen molar-refractivity contribution >= 4 is 37.3 Å². The lowest BCUT2D eigenvalue weighted by Crippen LogP contribution is -2.45. The van der Waals surface area contributed by atoms with Gasteiger partial charge in [0.05, 0.1) is 14.3 Å². The summed E-state index contributed by atoms with van der Waals surface area (Å²) in [5.41, 5.74) is -0.903. The molecule has 120 valence electrons. The van der Waals surface area contributed by atoms with Crippen LogP contribution in [0.5, 0.6) is 0 Å². The molecule has 1 aliphatic carbocycles. The molecule has 0 saturated heterocycles. The van der Waals surface area contributed by atoms with Crippen molar-refractivity contribution in [2.24, 2.45) is 5.92 Å². The Hall–Kier alpha value is 0.0500. The maximum absolute atomic E-state index is 12.3. The van der Waals surface area contributed by atoms with Crippen LogP contribution < -0.4 is 4.72 Å². The molecular formula is C14H22BrNO3S2. The third kappa shape index (κ3) is 4.28. The van der Waals surface area contributed by atoms with Crippen LogP contribution >= 0.6 is 27.3 Å². The van der Waals surface area contributed by atoms with Crippen molar-refractivity contribution in [3.63, 3.8) is 0 Å². The average Bonchev–Trinajstić information content (AvgIpc) is 2.78. The fourth-order valence-electron chi connectivity index (χ4n) is 2.80. The molecule has 7 heteroatoms. The van der Waals surface area contributed by atoms with Gasteiger partial charge >= 0.3 is 0 Å². The van der Waals surface area contributed by atoms with E-state index in [0.29, 0.717) is 23.7 Å². The zero-order valence-corrected chi connectivity index (χ0v) is 15.6. The van der Waals surface area contributed by atoms with E-state index >= 15 is 0 Å². The predicted molar refractivity (Wildman–Crippen MR) is 89.1 cm³/mol. The summed E-state index contributed by atoms with van der Waals surface area (Å²) in [5, 5.41) is 10.5. The lowest BCUT2D eigenvalue weighted by Gasteiger charge is -2.35. The standard InChI is InChI=1S/C14H22BrNO3S2/c1-3-11-4-6-14(17,7-5-11)9-16-21(18,19)12-8-13(15)20-10(12)2/h8,11,16-17H,3-7,9H2,1-2H3. The topological polar surface area (TPSA) is 66.4 Å². The van der Waals surface area contributed by atoms with Gasteiger partial charge in [-0.2, -0.15) is 0 Å². The van der Waals surface area contributed by atoms with E-state index in [1.165, 1.54) is 11.3 Å². The summed E-state index contributed by atoms with van der Waals surface area (Å²) >= 11 is 4.70. The van der Waals surface area contributed by atoms with Gasteiger partial charge in [-0.25, -0.2) is 13.1 Å². The predicted octanol–water partition coefficient (Wildman–Crippen LogP) is 3.43. The Morgan fingerprint density at radius 3 is 2.57 bits per heavy atom. The van der Waals surface area contributed by atoms with E-state index in [0.717, 1.165) is 27.9 Å². The van der Waals surface area contributed by atoms with Crippen molar-refractivity contribution in [3.05, 3.63) is 14.7 Å². The molecule has 0 amide bonds. The quantitative estimate of drug-likeness (QED) is 0.802. The lowest BCUT2D eigenvalue weighted by molar-refractivity contribution is -0.00442. The van der Waals surface area contributed by atoms with Crippen LogP contribution in [-0.4, -0.2) is 25.7 Å². The smallest absolute Gasteiger partial charge is 0.241 e. The minimum Gasteiger partial charge on any atom is -0.389 e. The number of sulfonamides is 1. The fraction of sp³-hybridized carbons (Fsp3) is 0.714. The van der Waals surface area contributed by atoms with Gasteiger partial charge < -0.3 is 5.11 Å². The third-order valence-corrected chi connectivity index (χ3v) is 7.55. The minimum absolute atomic E-state index is 0.0959.